The molecule has 1 aliphatic heterocycles. The first kappa shape index (κ1) is 20.0. The molecule has 1 saturated heterocycles. The summed E-state index contributed by atoms with van der Waals surface area (Å²) >= 11 is 0. The molecule has 0 N–H and O–H groups in total. The number of likely N-dealkylation sites (tertiary alicyclic amines) is 1. The molecule has 2 atom stereocenters. The highest BCUT2D eigenvalue weighted by Crippen LogP contribution is 2.41. The fourth-order valence-corrected chi connectivity index (χ4v) is 6.31. The first-order chi connectivity index (χ1) is 14.4. The predicted molar refractivity (Wildman–Crippen MR) is 121 cm³/mol. The van der Waals surface area contributed by atoms with Gasteiger partial charge in [0.25, 0.3) is 0 Å². The van der Waals surface area contributed by atoms with Gasteiger partial charge in [-0.1, -0.05) is 33.1 Å². The zero-order valence-corrected chi connectivity index (χ0v) is 18.9. The molecule has 1 aromatic heterocycles. The number of benzene rings is 1. The first-order valence-corrected chi connectivity index (χ1v) is 11.9. The van der Waals surface area contributed by atoms with Crippen LogP contribution in [0.25, 0.3) is 10.9 Å². The summed E-state index contributed by atoms with van der Waals surface area (Å²) in [4.78, 5) is 15.6. The number of piperidine rings is 1. The van der Waals surface area contributed by atoms with Crippen LogP contribution in [0.1, 0.15) is 63.6 Å². The molecule has 2 fully saturated rings. The first-order valence-electron chi connectivity index (χ1n) is 11.9. The van der Waals surface area contributed by atoms with Gasteiger partial charge in [0.15, 0.2) is 0 Å². The van der Waals surface area contributed by atoms with E-state index < -0.39 is 0 Å². The second-order valence-corrected chi connectivity index (χ2v) is 10.7. The van der Waals surface area contributed by atoms with Gasteiger partial charge in [-0.15, -0.1) is 0 Å². The number of methoxy groups -OCH3 is 1. The van der Waals surface area contributed by atoms with Gasteiger partial charge in [0.2, 0.25) is 5.91 Å². The highest BCUT2D eigenvalue weighted by Gasteiger charge is 2.34. The second-order valence-electron chi connectivity index (χ2n) is 10.7. The Morgan fingerprint density at radius 3 is 2.77 bits per heavy atom. The molecule has 0 radical (unpaired) electrons. The van der Waals surface area contributed by atoms with E-state index in [1.54, 1.807) is 7.11 Å². The van der Waals surface area contributed by atoms with E-state index in [1.165, 1.54) is 55.2 Å². The van der Waals surface area contributed by atoms with Crippen molar-refractivity contribution in [3.8, 4) is 5.75 Å². The van der Waals surface area contributed by atoms with Crippen molar-refractivity contribution in [2.75, 3.05) is 20.2 Å². The Balaban J connectivity index is 1.46. The molecule has 4 nitrogen and oxygen atoms in total. The summed E-state index contributed by atoms with van der Waals surface area (Å²) in [7, 11) is 1.72. The van der Waals surface area contributed by atoms with E-state index in [-0.39, 0.29) is 5.41 Å². The lowest BCUT2D eigenvalue weighted by atomic mass is 9.75. The van der Waals surface area contributed by atoms with Crippen LogP contribution in [0.5, 0.6) is 5.75 Å². The number of carbonyl (C=O) groups excluding carboxylic acids is 1. The number of aromatic nitrogens is 1. The quantitative estimate of drug-likeness (QED) is 0.699. The zero-order valence-electron chi connectivity index (χ0n) is 18.9. The molecule has 4 heteroatoms. The molecule has 0 unspecified atom stereocenters. The summed E-state index contributed by atoms with van der Waals surface area (Å²) in [5.74, 6) is 2.75. The second kappa shape index (κ2) is 7.62. The van der Waals surface area contributed by atoms with Gasteiger partial charge in [0, 0.05) is 30.2 Å². The molecule has 0 spiro atoms. The van der Waals surface area contributed by atoms with Crippen molar-refractivity contribution >= 4 is 16.8 Å². The minimum atomic E-state index is 0.284. The molecular weight excluding hydrogens is 372 g/mol. The van der Waals surface area contributed by atoms with Crippen molar-refractivity contribution in [1.82, 2.24) is 9.47 Å². The number of nitrogens with zero attached hydrogens (tertiary/aromatic N) is 2. The predicted octanol–water partition coefficient (Wildman–Crippen LogP) is 5.20. The average Bonchev–Trinajstić information content (AvgIpc) is 3.04. The Labute approximate surface area is 180 Å². The van der Waals surface area contributed by atoms with Crippen molar-refractivity contribution < 1.29 is 9.53 Å². The smallest absolute Gasteiger partial charge is 0.242 e. The molecule has 1 amide bonds. The molecule has 2 aromatic rings. The third kappa shape index (κ3) is 3.52. The van der Waals surface area contributed by atoms with Crippen molar-refractivity contribution in [2.24, 2.45) is 17.3 Å². The van der Waals surface area contributed by atoms with Gasteiger partial charge < -0.3 is 14.2 Å². The Hall–Kier alpha value is -1.97. The van der Waals surface area contributed by atoms with Gasteiger partial charge >= 0.3 is 0 Å². The molecule has 5 rings (SSSR count). The normalized spacial score (nSPS) is 25.6. The van der Waals surface area contributed by atoms with Crippen molar-refractivity contribution in [2.45, 2.75) is 71.8 Å². The Bertz CT molecular complexity index is 958. The molecule has 2 heterocycles. The summed E-state index contributed by atoms with van der Waals surface area (Å²) < 4.78 is 7.84. The number of hydrogen-bond acceptors (Lipinski definition) is 2. The Kier molecular flexibility index (Phi) is 5.07. The minimum absolute atomic E-state index is 0.284. The van der Waals surface area contributed by atoms with Crippen LogP contribution in [0.15, 0.2) is 18.2 Å². The number of amides is 1. The maximum atomic E-state index is 13.5. The zero-order chi connectivity index (χ0) is 20.9. The van der Waals surface area contributed by atoms with Crippen molar-refractivity contribution in [3.63, 3.8) is 0 Å². The highest BCUT2D eigenvalue weighted by molar-refractivity contribution is 5.89. The lowest BCUT2D eigenvalue weighted by Gasteiger charge is -2.41. The number of carbonyl (C=O) groups is 1. The largest absolute Gasteiger partial charge is 0.497 e. The fourth-order valence-electron chi connectivity index (χ4n) is 6.31. The van der Waals surface area contributed by atoms with Crippen LogP contribution in [0.4, 0.5) is 0 Å². The van der Waals surface area contributed by atoms with E-state index in [2.05, 4.69) is 41.5 Å². The average molecular weight is 409 g/mol. The number of rotatable bonds is 3. The Morgan fingerprint density at radius 2 is 1.97 bits per heavy atom. The lowest BCUT2D eigenvalue weighted by Crippen LogP contribution is -2.46. The lowest BCUT2D eigenvalue weighted by molar-refractivity contribution is -0.134. The maximum Gasteiger partial charge on any atom is 0.242 e. The molecule has 0 bridgehead atoms. The maximum absolute atomic E-state index is 13.5. The van der Waals surface area contributed by atoms with Crippen LogP contribution in [-0.4, -0.2) is 35.6 Å². The van der Waals surface area contributed by atoms with E-state index >= 15 is 0 Å². The van der Waals surface area contributed by atoms with Gasteiger partial charge in [-0.05, 0) is 67.1 Å². The monoisotopic (exact) mass is 408 g/mol. The van der Waals surface area contributed by atoms with Gasteiger partial charge in [-0.3, -0.25) is 4.79 Å². The van der Waals surface area contributed by atoms with E-state index in [4.69, 9.17) is 4.74 Å². The van der Waals surface area contributed by atoms with Gasteiger partial charge in [-0.25, -0.2) is 0 Å². The number of ether oxygens (including phenoxy) is 1. The van der Waals surface area contributed by atoms with E-state index in [0.29, 0.717) is 12.5 Å². The minimum Gasteiger partial charge on any atom is -0.497 e. The Morgan fingerprint density at radius 1 is 1.17 bits per heavy atom. The van der Waals surface area contributed by atoms with Crippen LogP contribution < -0.4 is 4.74 Å². The summed E-state index contributed by atoms with van der Waals surface area (Å²) in [6.45, 7) is 7.09. The van der Waals surface area contributed by atoms with Crippen molar-refractivity contribution in [1.29, 1.82) is 0 Å². The number of hydrogen-bond donors (Lipinski definition) is 0. The molecule has 3 aliphatic rings. The standard InChI is InChI=1S/C26H36N2O2/c1-26(2)12-10-22-21-9-8-20(30-3)14-23(21)28(24(22)15-26)17-25(29)27-13-11-18-6-4-5-7-19(18)16-27/h8-9,14,18-19H,4-7,10-13,15-17H2,1-3H3/t18-,19-/m1/s1. The third-order valence-corrected chi connectivity index (χ3v) is 8.13. The van der Waals surface area contributed by atoms with E-state index in [9.17, 15) is 4.79 Å². The molecule has 2 aliphatic carbocycles. The topological polar surface area (TPSA) is 34.5 Å². The van der Waals surface area contributed by atoms with Crippen LogP contribution >= 0.6 is 0 Å². The van der Waals surface area contributed by atoms with Crippen LogP contribution in [0, 0.1) is 17.3 Å². The van der Waals surface area contributed by atoms with E-state index in [1.807, 2.05) is 0 Å². The van der Waals surface area contributed by atoms with Gasteiger partial charge in [0.05, 0.1) is 12.6 Å². The van der Waals surface area contributed by atoms with Gasteiger partial charge in [0.1, 0.15) is 12.3 Å². The third-order valence-electron chi connectivity index (χ3n) is 8.13. The molecule has 162 valence electrons. The molecular formula is C26H36N2O2. The van der Waals surface area contributed by atoms with Crippen LogP contribution in [-0.2, 0) is 24.2 Å². The summed E-state index contributed by atoms with van der Waals surface area (Å²) in [6.07, 6.45) is 9.94. The molecule has 1 saturated carbocycles. The highest BCUT2D eigenvalue weighted by atomic mass is 16.5. The number of fused-ring (bicyclic) bond motifs is 4. The van der Waals surface area contributed by atoms with Crippen LogP contribution in [0.3, 0.4) is 0 Å². The summed E-state index contributed by atoms with van der Waals surface area (Å²) in [6, 6.07) is 6.38. The van der Waals surface area contributed by atoms with Gasteiger partial charge in [-0.2, -0.15) is 0 Å². The number of aryl methyl sites for hydroxylation is 1. The SMILES string of the molecule is COc1ccc2c3c(n(CC(=O)N4CC[C@H]5CCCC[C@@H]5C4)c2c1)CC(C)(C)CC3. The van der Waals surface area contributed by atoms with Crippen LogP contribution in [0.2, 0.25) is 0 Å². The van der Waals surface area contributed by atoms with Crippen molar-refractivity contribution in [3.05, 3.63) is 29.5 Å². The fraction of sp³-hybridized carbons (Fsp3) is 0.654. The summed E-state index contributed by atoms with van der Waals surface area (Å²) in [5.41, 5.74) is 4.27. The van der Waals surface area contributed by atoms with E-state index in [0.717, 1.165) is 49.0 Å². The molecule has 1 aromatic carbocycles. The molecule has 30 heavy (non-hydrogen) atoms. The summed E-state index contributed by atoms with van der Waals surface area (Å²) in [5, 5.41) is 1.31.